The molecular weight excluding hydrogens is 254 g/mol. The van der Waals surface area contributed by atoms with Crippen LogP contribution >= 0.6 is 0 Å². The van der Waals surface area contributed by atoms with Crippen LogP contribution in [0.3, 0.4) is 0 Å². The SMILES string of the molecule is CC(=O)OC1CCC(O/N=C(/C(C)=O)C(=O)O)CC1. The Labute approximate surface area is 110 Å². The Morgan fingerprint density at radius 3 is 2.00 bits per heavy atom. The van der Waals surface area contributed by atoms with Crippen molar-refractivity contribution in [1.29, 1.82) is 0 Å². The zero-order chi connectivity index (χ0) is 14.4. The summed E-state index contributed by atoms with van der Waals surface area (Å²) in [5.74, 6) is -2.37. The number of Topliss-reactive ketones (excluding diaryl/α,β-unsaturated/α-hetero) is 1. The number of aliphatic carboxylic acids is 1. The van der Waals surface area contributed by atoms with Crippen molar-refractivity contribution >= 4 is 23.4 Å². The zero-order valence-electron chi connectivity index (χ0n) is 10.9. The normalized spacial score (nSPS) is 23.6. The summed E-state index contributed by atoms with van der Waals surface area (Å²) in [6.45, 7) is 2.48. The van der Waals surface area contributed by atoms with Crippen molar-refractivity contribution in [3.63, 3.8) is 0 Å². The molecule has 1 aliphatic carbocycles. The number of carbonyl (C=O) groups is 3. The molecule has 0 aliphatic heterocycles. The predicted molar refractivity (Wildman–Crippen MR) is 64.6 cm³/mol. The molecule has 0 aromatic rings. The highest BCUT2D eigenvalue weighted by molar-refractivity contribution is 6.63. The van der Waals surface area contributed by atoms with Crippen molar-refractivity contribution in [2.24, 2.45) is 5.16 Å². The Morgan fingerprint density at radius 1 is 1.05 bits per heavy atom. The Hall–Kier alpha value is -1.92. The quantitative estimate of drug-likeness (QED) is 0.345. The Morgan fingerprint density at radius 2 is 1.58 bits per heavy atom. The second-order valence-corrected chi connectivity index (χ2v) is 4.41. The van der Waals surface area contributed by atoms with Gasteiger partial charge in [0, 0.05) is 13.8 Å². The van der Waals surface area contributed by atoms with Gasteiger partial charge >= 0.3 is 11.9 Å². The van der Waals surface area contributed by atoms with Gasteiger partial charge in [0.15, 0.2) is 5.78 Å². The van der Waals surface area contributed by atoms with Crippen LogP contribution in [0.2, 0.25) is 0 Å². The fourth-order valence-corrected chi connectivity index (χ4v) is 1.87. The molecular formula is C12H17NO6. The highest BCUT2D eigenvalue weighted by atomic mass is 16.6. The molecule has 1 rings (SSSR count). The van der Waals surface area contributed by atoms with E-state index in [4.69, 9.17) is 14.7 Å². The molecule has 0 aromatic carbocycles. The minimum atomic E-state index is -1.40. The minimum Gasteiger partial charge on any atom is -0.476 e. The van der Waals surface area contributed by atoms with E-state index in [1.54, 1.807) is 0 Å². The molecule has 0 heterocycles. The first-order chi connectivity index (χ1) is 8.90. The maximum absolute atomic E-state index is 11.0. The van der Waals surface area contributed by atoms with E-state index in [-0.39, 0.29) is 18.2 Å². The number of nitrogens with zero attached hydrogens (tertiary/aromatic N) is 1. The number of carbonyl (C=O) groups excluding carboxylic acids is 2. The van der Waals surface area contributed by atoms with Gasteiger partial charge in [0.1, 0.15) is 12.2 Å². The van der Waals surface area contributed by atoms with Crippen molar-refractivity contribution in [2.75, 3.05) is 0 Å². The highest BCUT2D eigenvalue weighted by Crippen LogP contribution is 2.23. The van der Waals surface area contributed by atoms with E-state index in [9.17, 15) is 14.4 Å². The van der Waals surface area contributed by atoms with Crippen molar-refractivity contribution in [3.05, 3.63) is 0 Å². The summed E-state index contributed by atoms with van der Waals surface area (Å²) in [5.41, 5.74) is -0.609. The topological polar surface area (TPSA) is 102 Å². The van der Waals surface area contributed by atoms with Crippen LogP contribution in [-0.4, -0.2) is 40.7 Å². The van der Waals surface area contributed by atoms with Gasteiger partial charge in [-0.3, -0.25) is 9.59 Å². The maximum Gasteiger partial charge on any atom is 0.361 e. The van der Waals surface area contributed by atoms with Crippen LogP contribution in [0.15, 0.2) is 5.16 Å². The van der Waals surface area contributed by atoms with E-state index in [2.05, 4.69) is 5.16 Å². The van der Waals surface area contributed by atoms with Gasteiger partial charge in [-0.1, -0.05) is 5.16 Å². The van der Waals surface area contributed by atoms with E-state index in [1.165, 1.54) is 6.92 Å². The number of ether oxygens (including phenoxy) is 1. The lowest BCUT2D eigenvalue weighted by molar-refractivity contribution is -0.149. The van der Waals surface area contributed by atoms with Gasteiger partial charge in [-0.2, -0.15) is 0 Å². The summed E-state index contributed by atoms with van der Waals surface area (Å²) in [5, 5.41) is 12.1. The number of oxime groups is 1. The lowest BCUT2D eigenvalue weighted by Gasteiger charge is -2.26. The van der Waals surface area contributed by atoms with Crippen molar-refractivity contribution < 1.29 is 29.1 Å². The molecule has 0 saturated heterocycles. The van der Waals surface area contributed by atoms with Gasteiger partial charge in [0.2, 0.25) is 5.71 Å². The average molecular weight is 271 g/mol. The molecule has 0 bridgehead atoms. The third-order valence-electron chi connectivity index (χ3n) is 2.78. The first-order valence-electron chi connectivity index (χ1n) is 6.05. The molecule has 0 unspecified atom stereocenters. The van der Waals surface area contributed by atoms with E-state index in [1.807, 2.05) is 0 Å². The largest absolute Gasteiger partial charge is 0.476 e. The summed E-state index contributed by atoms with van der Waals surface area (Å²) >= 11 is 0. The second kappa shape index (κ2) is 6.86. The standard InChI is InChI=1S/C12H17NO6/c1-7(14)11(12(16)17)13-19-10-5-3-9(4-6-10)18-8(2)15/h9-10H,3-6H2,1-2H3,(H,16,17)/b13-11-. The van der Waals surface area contributed by atoms with Crippen LogP contribution in [0.4, 0.5) is 0 Å². The first-order valence-corrected chi connectivity index (χ1v) is 6.05. The average Bonchev–Trinajstić information content (AvgIpc) is 2.29. The van der Waals surface area contributed by atoms with Crippen LogP contribution in [0, 0.1) is 0 Å². The lowest BCUT2D eigenvalue weighted by Crippen LogP contribution is -2.28. The number of hydrogen-bond donors (Lipinski definition) is 1. The predicted octanol–water partition coefficient (Wildman–Crippen LogP) is 0.907. The number of carboxylic acid groups (broad SMARTS) is 1. The van der Waals surface area contributed by atoms with Crippen LogP contribution in [0.25, 0.3) is 0 Å². The number of hydrogen-bond acceptors (Lipinski definition) is 6. The molecule has 1 saturated carbocycles. The first kappa shape index (κ1) is 15.1. The van der Waals surface area contributed by atoms with E-state index < -0.39 is 17.5 Å². The number of esters is 1. The van der Waals surface area contributed by atoms with E-state index in [0.29, 0.717) is 25.7 Å². The minimum absolute atomic E-state index is 0.118. The van der Waals surface area contributed by atoms with Crippen LogP contribution in [-0.2, 0) is 24.0 Å². The molecule has 0 aromatic heterocycles. The molecule has 1 N–H and O–H groups in total. The molecule has 0 radical (unpaired) electrons. The molecule has 19 heavy (non-hydrogen) atoms. The summed E-state index contributed by atoms with van der Waals surface area (Å²) in [4.78, 5) is 37.5. The fraction of sp³-hybridized carbons (Fsp3) is 0.667. The number of carboxylic acids is 1. The van der Waals surface area contributed by atoms with Crippen molar-refractivity contribution in [2.45, 2.75) is 51.7 Å². The van der Waals surface area contributed by atoms with E-state index >= 15 is 0 Å². The maximum atomic E-state index is 11.0. The van der Waals surface area contributed by atoms with Gasteiger partial charge in [0.05, 0.1) is 0 Å². The molecule has 0 atom stereocenters. The molecule has 0 amide bonds. The Kier molecular flexibility index (Phi) is 5.47. The lowest BCUT2D eigenvalue weighted by atomic mass is 9.95. The van der Waals surface area contributed by atoms with Crippen LogP contribution < -0.4 is 0 Å². The van der Waals surface area contributed by atoms with Crippen molar-refractivity contribution in [1.82, 2.24) is 0 Å². The summed E-state index contributed by atoms with van der Waals surface area (Å²) in [7, 11) is 0. The molecule has 7 heteroatoms. The third kappa shape index (κ3) is 5.07. The van der Waals surface area contributed by atoms with Crippen LogP contribution in [0.1, 0.15) is 39.5 Å². The molecule has 7 nitrogen and oxygen atoms in total. The molecule has 106 valence electrons. The van der Waals surface area contributed by atoms with Gasteiger partial charge in [0.25, 0.3) is 0 Å². The second-order valence-electron chi connectivity index (χ2n) is 4.41. The van der Waals surface area contributed by atoms with Gasteiger partial charge in [-0.05, 0) is 25.7 Å². The van der Waals surface area contributed by atoms with Gasteiger partial charge in [-0.25, -0.2) is 4.79 Å². The Balaban J connectivity index is 2.44. The Bertz CT molecular complexity index is 379. The van der Waals surface area contributed by atoms with Gasteiger partial charge in [-0.15, -0.1) is 0 Å². The number of ketones is 1. The van der Waals surface area contributed by atoms with Crippen molar-refractivity contribution in [3.8, 4) is 0 Å². The molecule has 1 aliphatic rings. The van der Waals surface area contributed by atoms with Gasteiger partial charge < -0.3 is 14.7 Å². The smallest absolute Gasteiger partial charge is 0.361 e. The molecule has 0 spiro atoms. The third-order valence-corrected chi connectivity index (χ3v) is 2.78. The summed E-state index contributed by atoms with van der Waals surface area (Å²) in [6.07, 6.45) is 2.12. The summed E-state index contributed by atoms with van der Waals surface area (Å²) < 4.78 is 5.06. The highest BCUT2D eigenvalue weighted by Gasteiger charge is 2.25. The number of rotatable bonds is 5. The van der Waals surface area contributed by atoms with E-state index in [0.717, 1.165) is 6.92 Å². The molecule has 1 fully saturated rings. The monoisotopic (exact) mass is 271 g/mol. The van der Waals surface area contributed by atoms with Crippen LogP contribution in [0.5, 0.6) is 0 Å². The summed E-state index contributed by atoms with van der Waals surface area (Å²) in [6, 6.07) is 0. The zero-order valence-corrected chi connectivity index (χ0v) is 10.9. The fourth-order valence-electron chi connectivity index (χ4n) is 1.87.